The second-order valence-corrected chi connectivity index (χ2v) is 11.0. The van der Waals surface area contributed by atoms with Crippen molar-refractivity contribution < 1.29 is 9.31 Å². The predicted octanol–water partition coefficient (Wildman–Crippen LogP) is 10.0. The molecule has 0 aliphatic rings. The van der Waals surface area contributed by atoms with Crippen molar-refractivity contribution in [3.63, 3.8) is 0 Å². The summed E-state index contributed by atoms with van der Waals surface area (Å²) in [5.74, 6) is 1.51. The van der Waals surface area contributed by atoms with E-state index in [4.69, 9.17) is 9.31 Å². The van der Waals surface area contributed by atoms with E-state index in [2.05, 4.69) is 131 Å². The number of hydrogen-bond acceptors (Lipinski definition) is 2. The lowest BCUT2D eigenvalue weighted by Gasteiger charge is -2.10. The van der Waals surface area contributed by atoms with Crippen LogP contribution in [0.4, 0.5) is 0 Å². The van der Waals surface area contributed by atoms with Gasteiger partial charge in [-0.3, -0.25) is 0 Å². The van der Waals surface area contributed by atoms with E-state index in [-0.39, 0.29) is 7.69 Å². The Bertz CT molecular complexity index is 2060. The molecular weight excluding hydrogens is 551 g/mol. The van der Waals surface area contributed by atoms with Gasteiger partial charge < -0.3 is 19.3 Å². The summed E-state index contributed by atoms with van der Waals surface area (Å²) < 4.78 is 12.0. The maximum atomic E-state index is 5.99. The number of para-hydroxylation sites is 2. The minimum Gasteiger partial charge on any atom is -0.529 e. The van der Waals surface area contributed by atoms with E-state index in [0.717, 1.165) is 56.2 Å². The molecule has 0 amide bonds. The molecule has 0 aliphatic heterocycles. The number of nitrogens with one attached hydrogen (secondary N) is 2. The van der Waals surface area contributed by atoms with Crippen LogP contribution in [0.25, 0.3) is 66.6 Å². The van der Waals surface area contributed by atoms with Crippen LogP contribution < -0.4 is 9.31 Å². The molecule has 0 aliphatic carbocycles. The van der Waals surface area contributed by atoms with Gasteiger partial charge in [-0.25, -0.2) is 0 Å². The lowest BCUT2D eigenvalue weighted by molar-refractivity contribution is 0.459. The summed E-state index contributed by atoms with van der Waals surface area (Å²) >= 11 is 0. The summed E-state index contributed by atoms with van der Waals surface area (Å²) in [6.07, 6.45) is 0. The smallest absolute Gasteiger partial charge is 0.529 e. The molecule has 6 aromatic carbocycles. The number of benzene rings is 6. The van der Waals surface area contributed by atoms with Crippen LogP contribution in [0.5, 0.6) is 11.5 Å². The Balaban J connectivity index is 0.990. The fourth-order valence-electron chi connectivity index (χ4n) is 6.13. The van der Waals surface area contributed by atoms with Gasteiger partial charge in [-0.05, 0) is 58.7 Å². The molecular formula is C40H29BN2O2. The van der Waals surface area contributed by atoms with E-state index < -0.39 is 0 Å². The molecule has 8 rings (SSSR count). The SMILES string of the molecule is B(Oc1ccc(-c2c(-c3ccccc3)[nH]c3ccccc23)cc1)Oc1ccc(-c2c(-c3ccccc3)[nH]c3ccccc23)cc1. The Morgan fingerprint density at radius 1 is 0.356 bits per heavy atom. The predicted molar refractivity (Wildman–Crippen MR) is 187 cm³/mol. The first-order chi connectivity index (χ1) is 22.3. The summed E-state index contributed by atoms with van der Waals surface area (Å²) in [7, 11) is 0.114. The van der Waals surface area contributed by atoms with Gasteiger partial charge in [0, 0.05) is 32.9 Å². The molecule has 4 nitrogen and oxygen atoms in total. The minimum absolute atomic E-state index is 0.114. The van der Waals surface area contributed by atoms with Crippen molar-refractivity contribution in [2.24, 2.45) is 0 Å². The molecule has 45 heavy (non-hydrogen) atoms. The average molecular weight is 580 g/mol. The van der Waals surface area contributed by atoms with Gasteiger partial charge in [-0.2, -0.15) is 0 Å². The Morgan fingerprint density at radius 3 is 1.16 bits per heavy atom. The van der Waals surface area contributed by atoms with Gasteiger partial charge in [0.15, 0.2) is 0 Å². The van der Waals surface area contributed by atoms with Crippen LogP contribution in [0.2, 0.25) is 0 Å². The van der Waals surface area contributed by atoms with E-state index in [1.165, 1.54) is 21.9 Å². The second-order valence-electron chi connectivity index (χ2n) is 11.0. The first kappa shape index (κ1) is 26.7. The standard InChI is InChI=1S/C40H29BN2O2/c1-3-11-29(12-4-1)39-37(33-15-7-9-17-35(33)42-39)27-19-23-31(24-20-27)44-41-45-32-25-21-28(22-26-32)38-34-16-8-10-18-36(34)43-40(38)30-13-5-2-6-14-30/h1-26,41-43H. The molecule has 0 saturated carbocycles. The molecule has 0 radical (unpaired) electrons. The topological polar surface area (TPSA) is 50.0 Å². The molecule has 2 aromatic heterocycles. The molecule has 8 aromatic rings. The molecule has 2 heterocycles. The van der Waals surface area contributed by atoms with E-state index in [1.807, 2.05) is 36.4 Å². The first-order valence-electron chi connectivity index (χ1n) is 15.1. The van der Waals surface area contributed by atoms with Crippen molar-refractivity contribution in [3.05, 3.63) is 158 Å². The molecule has 2 N–H and O–H groups in total. The Kier molecular flexibility index (Phi) is 6.89. The number of rotatable bonds is 8. The van der Waals surface area contributed by atoms with Crippen molar-refractivity contribution in [2.45, 2.75) is 0 Å². The van der Waals surface area contributed by atoms with Gasteiger partial charge in [-0.1, -0.05) is 121 Å². The van der Waals surface area contributed by atoms with Crippen LogP contribution in [0.3, 0.4) is 0 Å². The normalized spacial score (nSPS) is 11.1. The van der Waals surface area contributed by atoms with Gasteiger partial charge >= 0.3 is 7.69 Å². The van der Waals surface area contributed by atoms with E-state index >= 15 is 0 Å². The molecule has 0 atom stereocenters. The maximum absolute atomic E-state index is 5.99. The van der Waals surface area contributed by atoms with Gasteiger partial charge in [0.25, 0.3) is 0 Å². The van der Waals surface area contributed by atoms with Crippen molar-refractivity contribution in [1.82, 2.24) is 9.97 Å². The fourth-order valence-corrected chi connectivity index (χ4v) is 6.13. The van der Waals surface area contributed by atoms with Crippen LogP contribution in [-0.2, 0) is 0 Å². The fraction of sp³-hybridized carbons (Fsp3) is 0. The first-order valence-corrected chi connectivity index (χ1v) is 15.1. The lowest BCUT2D eigenvalue weighted by Crippen LogP contribution is -2.10. The molecule has 214 valence electrons. The Morgan fingerprint density at radius 2 is 0.733 bits per heavy atom. The molecule has 0 bridgehead atoms. The molecule has 0 fully saturated rings. The molecule has 0 spiro atoms. The van der Waals surface area contributed by atoms with E-state index in [1.54, 1.807) is 0 Å². The van der Waals surface area contributed by atoms with Gasteiger partial charge in [0.1, 0.15) is 11.5 Å². The Hall–Kier alpha value is -5.94. The van der Waals surface area contributed by atoms with Crippen LogP contribution in [-0.4, -0.2) is 17.7 Å². The quantitative estimate of drug-likeness (QED) is 0.176. The second kappa shape index (κ2) is 11.6. The number of aromatic amines is 2. The van der Waals surface area contributed by atoms with Crippen LogP contribution in [0.15, 0.2) is 158 Å². The third-order valence-electron chi connectivity index (χ3n) is 8.27. The highest BCUT2D eigenvalue weighted by atomic mass is 16.6. The molecule has 5 heteroatoms. The third-order valence-corrected chi connectivity index (χ3v) is 8.27. The summed E-state index contributed by atoms with van der Waals surface area (Å²) in [6, 6.07) is 54.2. The number of hydrogen-bond donors (Lipinski definition) is 2. The van der Waals surface area contributed by atoms with Crippen LogP contribution in [0, 0.1) is 0 Å². The van der Waals surface area contributed by atoms with Crippen molar-refractivity contribution in [3.8, 4) is 56.3 Å². The van der Waals surface area contributed by atoms with Gasteiger partial charge in [0.05, 0.1) is 11.4 Å². The zero-order valence-electron chi connectivity index (χ0n) is 24.5. The van der Waals surface area contributed by atoms with E-state index in [9.17, 15) is 0 Å². The highest BCUT2D eigenvalue weighted by Gasteiger charge is 2.16. The molecule has 0 unspecified atom stereocenters. The Labute approximate surface area is 262 Å². The van der Waals surface area contributed by atoms with Crippen LogP contribution >= 0.6 is 0 Å². The van der Waals surface area contributed by atoms with Crippen LogP contribution in [0.1, 0.15) is 0 Å². The summed E-state index contributed by atoms with van der Waals surface area (Å²) in [5.41, 5.74) is 11.4. The summed E-state index contributed by atoms with van der Waals surface area (Å²) in [4.78, 5) is 7.25. The highest BCUT2D eigenvalue weighted by molar-refractivity contribution is 6.20. The zero-order valence-corrected chi connectivity index (χ0v) is 24.5. The largest absolute Gasteiger partial charge is 0.576 e. The third kappa shape index (κ3) is 5.15. The minimum atomic E-state index is 0.114. The summed E-state index contributed by atoms with van der Waals surface area (Å²) in [6.45, 7) is 0. The zero-order chi connectivity index (χ0) is 30.0. The highest BCUT2D eigenvalue weighted by Crippen LogP contribution is 2.40. The van der Waals surface area contributed by atoms with Crippen molar-refractivity contribution in [2.75, 3.05) is 0 Å². The maximum Gasteiger partial charge on any atom is 0.576 e. The van der Waals surface area contributed by atoms with Gasteiger partial charge in [0.2, 0.25) is 0 Å². The number of H-pyrrole nitrogens is 2. The van der Waals surface area contributed by atoms with Crippen molar-refractivity contribution in [1.29, 1.82) is 0 Å². The lowest BCUT2D eigenvalue weighted by atomic mass is 9.98. The monoisotopic (exact) mass is 580 g/mol. The number of fused-ring (bicyclic) bond motifs is 2. The van der Waals surface area contributed by atoms with Crippen molar-refractivity contribution >= 4 is 29.5 Å². The number of aromatic nitrogens is 2. The van der Waals surface area contributed by atoms with E-state index in [0.29, 0.717) is 0 Å². The summed E-state index contributed by atoms with van der Waals surface area (Å²) in [5, 5.41) is 2.39. The molecule has 0 saturated heterocycles. The average Bonchev–Trinajstić information content (AvgIpc) is 3.69. The van der Waals surface area contributed by atoms with Gasteiger partial charge in [-0.15, -0.1) is 0 Å².